The van der Waals surface area contributed by atoms with Gasteiger partial charge in [0.1, 0.15) is 6.04 Å². The highest BCUT2D eigenvalue weighted by Crippen LogP contribution is 2.22. The van der Waals surface area contributed by atoms with Crippen molar-refractivity contribution in [1.82, 2.24) is 10.2 Å². The van der Waals surface area contributed by atoms with E-state index in [1.807, 2.05) is 24.3 Å². The van der Waals surface area contributed by atoms with E-state index in [0.717, 1.165) is 37.4 Å². The second-order valence-corrected chi connectivity index (χ2v) is 4.62. The van der Waals surface area contributed by atoms with Crippen molar-refractivity contribution in [3.05, 3.63) is 29.8 Å². The number of rotatable bonds is 3. The van der Waals surface area contributed by atoms with Crippen molar-refractivity contribution in [2.75, 3.05) is 31.5 Å². The second-order valence-electron chi connectivity index (χ2n) is 4.62. The van der Waals surface area contributed by atoms with E-state index in [2.05, 4.69) is 21.6 Å². The summed E-state index contributed by atoms with van der Waals surface area (Å²) in [6, 6.07) is 9.63. The molecule has 1 amide bonds. The number of benzene rings is 1. The predicted octanol–water partition coefficient (Wildman–Crippen LogP) is 1.11. The number of piperazine rings is 1. The summed E-state index contributed by atoms with van der Waals surface area (Å²) in [6.07, 6.45) is 0. The maximum Gasteiger partial charge on any atom is 0.221 e. The van der Waals surface area contributed by atoms with E-state index in [4.69, 9.17) is 0 Å². The molecule has 1 heterocycles. The fraction of sp³-hybridized carbons (Fsp3) is 0.429. The van der Waals surface area contributed by atoms with Crippen LogP contribution in [0.3, 0.4) is 0 Å². The lowest BCUT2D eigenvalue weighted by Gasteiger charge is -2.31. The van der Waals surface area contributed by atoms with E-state index in [1.54, 1.807) is 0 Å². The molecule has 100 valence electrons. The SMILES string of the molecule is CC(=O)Nc1ccc(C(C#N)N2CCNCC2)cc1. The lowest BCUT2D eigenvalue weighted by atomic mass is 10.1. The molecule has 1 aliphatic rings. The van der Waals surface area contributed by atoms with Gasteiger partial charge in [-0.15, -0.1) is 0 Å². The molecule has 1 aromatic rings. The molecule has 1 atom stereocenters. The number of anilines is 1. The number of hydrogen-bond donors (Lipinski definition) is 2. The van der Waals surface area contributed by atoms with Crippen LogP contribution in [0.4, 0.5) is 5.69 Å². The maximum absolute atomic E-state index is 11.0. The van der Waals surface area contributed by atoms with Crippen LogP contribution < -0.4 is 10.6 Å². The van der Waals surface area contributed by atoms with Gasteiger partial charge in [-0.1, -0.05) is 12.1 Å². The molecule has 5 heteroatoms. The van der Waals surface area contributed by atoms with Crippen LogP contribution in [0.2, 0.25) is 0 Å². The first-order valence-electron chi connectivity index (χ1n) is 6.42. The van der Waals surface area contributed by atoms with Gasteiger partial charge in [0.15, 0.2) is 0 Å². The van der Waals surface area contributed by atoms with Gasteiger partial charge in [0.2, 0.25) is 5.91 Å². The Morgan fingerprint density at radius 1 is 1.37 bits per heavy atom. The van der Waals surface area contributed by atoms with Gasteiger partial charge in [-0.3, -0.25) is 9.69 Å². The van der Waals surface area contributed by atoms with Gasteiger partial charge in [0.25, 0.3) is 0 Å². The number of nitriles is 1. The number of carbonyl (C=O) groups excluding carboxylic acids is 1. The molecule has 1 saturated heterocycles. The number of nitrogens with zero attached hydrogens (tertiary/aromatic N) is 2. The first-order chi connectivity index (χ1) is 9.20. The van der Waals surface area contributed by atoms with Crippen molar-refractivity contribution in [3.63, 3.8) is 0 Å². The number of carbonyl (C=O) groups is 1. The third-order valence-corrected chi connectivity index (χ3v) is 3.19. The standard InChI is InChI=1S/C14H18N4O/c1-11(19)17-13-4-2-12(3-5-13)14(10-15)18-8-6-16-7-9-18/h2-5,14,16H,6-9H2,1H3,(H,17,19). The van der Waals surface area contributed by atoms with E-state index in [-0.39, 0.29) is 11.9 Å². The van der Waals surface area contributed by atoms with E-state index < -0.39 is 0 Å². The van der Waals surface area contributed by atoms with Crippen LogP contribution in [-0.4, -0.2) is 37.0 Å². The molecule has 2 rings (SSSR count). The molecule has 0 aliphatic carbocycles. The van der Waals surface area contributed by atoms with Crippen LogP contribution in [0.5, 0.6) is 0 Å². The summed E-state index contributed by atoms with van der Waals surface area (Å²) in [6.45, 7) is 5.08. The molecular formula is C14H18N4O. The van der Waals surface area contributed by atoms with E-state index >= 15 is 0 Å². The Labute approximate surface area is 113 Å². The second kappa shape index (κ2) is 6.32. The first kappa shape index (κ1) is 13.5. The Morgan fingerprint density at radius 3 is 2.53 bits per heavy atom. The molecule has 1 aliphatic heterocycles. The lowest BCUT2D eigenvalue weighted by molar-refractivity contribution is -0.114. The smallest absolute Gasteiger partial charge is 0.221 e. The van der Waals surface area contributed by atoms with Crippen LogP contribution in [0.15, 0.2) is 24.3 Å². The maximum atomic E-state index is 11.0. The van der Waals surface area contributed by atoms with Crippen LogP contribution >= 0.6 is 0 Å². The molecular weight excluding hydrogens is 240 g/mol. The van der Waals surface area contributed by atoms with Gasteiger partial charge >= 0.3 is 0 Å². The minimum absolute atomic E-state index is 0.0910. The van der Waals surface area contributed by atoms with Gasteiger partial charge in [-0.05, 0) is 17.7 Å². The minimum atomic E-state index is -0.214. The third kappa shape index (κ3) is 3.53. The Hall–Kier alpha value is -1.90. The summed E-state index contributed by atoms with van der Waals surface area (Å²) in [5.74, 6) is -0.0910. The van der Waals surface area contributed by atoms with Crippen molar-refractivity contribution >= 4 is 11.6 Å². The molecule has 0 saturated carbocycles. The van der Waals surface area contributed by atoms with Crippen LogP contribution in [0.1, 0.15) is 18.5 Å². The molecule has 5 nitrogen and oxygen atoms in total. The van der Waals surface area contributed by atoms with Gasteiger partial charge in [0.05, 0.1) is 6.07 Å². The molecule has 0 radical (unpaired) electrons. The zero-order valence-electron chi connectivity index (χ0n) is 11.0. The summed E-state index contributed by atoms with van der Waals surface area (Å²) in [5, 5.41) is 15.4. The van der Waals surface area contributed by atoms with Crippen molar-refractivity contribution in [2.45, 2.75) is 13.0 Å². The predicted molar refractivity (Wildman–Crippen MR) is 73.5 cm³/mol. The largest absolute Gasteiger partial charge is 0.326 e. The molecule has 0 bridgehead atoms. The molecule has 0 aromatic heterocycles. The van der Waals surface area contributed by atoms with Gasteiger partial charge in [0, 0.05) is 38.8 Å². The summed E-state index contributed by atoms with van der Waals surface area (Å²) in [7, 11) is 0. The molecule has 19 heavy (non-hydrogen) atoms. The van der Waals surface area contributed by atoms with Gasteiger partial charge in [-0.25, -0.2) is 0 Å². The minimum Gasteiger partial charge on any atom is -0.326 e. The Bertz CT molecular complexity index is 471. The van der Waals surface area contributed by atoms with E-state index in [9.17, 15) is 10.1 Å². The number of hydrogen-bond acceptors (Lipinski definition) is 4. The van der Waals surface area contributed by atoms with Crippen LogP contribution in [-0.2, 0) is 4.79 Å². The fourth-order valence-corrected chi connectivity index (χ4v) is 2.26. The van der Waals surface area contributed by atoms with Crippen LogP contribution in [0.25, 0.3) is 0 Å². The average Bonchev–Trinajstić information content (AvgIpc) is 2.42. The normalized spacial score (nSPS) is 17.5. The lowest BCUT2D eigenvalue weighted by Crippen LogP contribution is -2.44. The monoisotopic (exact) mass is 258 g/mol. The Balaban J connectivity index is 2.10. The highest BCUT2D eigenvalue weighted by atomic mass is 16.1. The summed E-state index contributed by atoms with van der Waals surface area (Å²) < 4.78 is 0. The van der Waals surface area contributed by atoms with E-state index in [1.165, 1.54) is 6.92 Å². The highest BCUT2D eigenvalue weighted by Gasteiger charge is 2.21. The zero-order valence-corrected chi connectivity index (χ0v) is 11.0. The third-order valence-electron chi connectivity index (χ3n) is 3.19. The molecule has 1 unspecified atom stereocenters. The summed E-state index contributed by atoms with van der Waals surface area (Å²) in [4.78, 5) is 13.1. The summed E-state index contributed by atoms with van der Waals surface area (Å²) >= 11 is 0. The molecule has 1 fully saturated rings. The van der Waals surface area contributed by atoms with Crippen molar-refractivity contribution in [2.24, 2.45) is 0 Å². The summed E-state index contributed by atoms with van der Waals surface area (Å²) in [5.41, 5.74) is 1.73. The highest BCUT2D eigenvalue weighted by molar-refractivity contribution is 5.88. The van der Waals surface area contributed by atoms with E-state index in [0.29, 0.717) is 0 Å². The Morgan fingerprint density at radius 2 is 2.00 bits per heavy atom. The van der Waals surface area contributed by atoms with Crippen LogP contribution in [0, 0.1) is 11.3 Å². The average molecular weight is 258 g/mol. The number of amides is 1. The van der Waals surface area contributed by atoms with Gasteiger partial charge < -0.3 is 10.6 Å². The Kier molecular flexibility index (Phi) is 4.50. The molecule has 0 spiro atoms. The topological polar surface area (TPSA) is 68.2 Å². The number of nitrogens with one attached hydrogen (secondary N) is 2. The van der Waals surface area contributed by atoms with Gasteiger partial charge in [-0.2, -0.15) is 5.26 Å². The van der Waals surface area contributed by atoms with Crippen molar-refractivity contribution in [3.8, 4) is 6.07 Å². The quantitative estimate of drug-likeness (QED) is 0.852. The van der Waals surface area contributed by atoms with Crippen molar-refractivity contribution in [1.29, 1.82) is 5.26 Å². The fourth-order valence-electron chi connectivity index (χ4n) is 2.26. The molecule has 2 N–H and O–H groups in total. The first-order valence-corrected chi connectivity index (χ1v) is 6.42. The van der Waals surface area contributed by atoms with Crippen molar-refractivity contribution < 1.29 is 4.79 Å². The molecule has 1 aromatic carbocycles. The zero-order chi connectivity index (χ0) is 13.7.